The smallest absolute Gasteiger partial charge is 0.407 e. The number of amides is 2. The molecule has 1 aromatic carbocycles. The number of benzene rings is 1. The van der Waals surface area contributed by atoms with Gasteiger partial charge in [-0.25, -0.2) is 9.78 Å². The molecular weight excluding hydrogens is 412 g/mol. The van der Waals surface area contributed by atoms with Crippen LogP contribution in [0.5, 0.6) is 0 Å². The number of carbonyl (C=O) groups excluding carboxylic acids is 2. The molecule has 5 N–H and O–H groups in total. The first-order valence-electron chi connectivity index (χ1n) is 10.6. The summed E-state index contributed by atoms with van der Waals surface area (Å²) in [6.07, 6.45) is 3.26. The molecule has 0 bridgehead atoms. The van der Waals surface area contributed by atoms with Gasteiger partial charge in [0.05, 0.1) is 24.2 Å². The van der Waals surface area contributed by atoms with Crippen LogP contribution in [0.4, 0.5) is 10.7 Å². The average molecular weight is 445 g/mol. The molecule has 0 atom stereocenters. The Hall–Kier alpha value is -3.11. The fourth-order valence-electron chi connectivity index (χ4n) is 3.54. The van der Waals surface area contributed by atoms with Crippen LogP contribution in [-0.2, 0) is 22.6 Å². The van der Waals surface area contributed by atoms with E-state index in [1.807, 2.05) is 43.6 Å². The van der Waals surface area contributed by atoms with E-state index in [1.165, 1.54) is 0 Å². The maximum atomic E-state index is 11.8. The molecule has 1 saturated heterocycles. The number of anilines is 1. The van der Waals surface area contributed by atoms with Crippen molar-refractivity contribution < 1.29 is 19.1 Å². The van der Waals surface area contributed by atoms with Gasteiger partial charge in [0.1, 0.15) is 5.60 Å². The zero-order valence-corrected chi connectivity index (χ0v) is 18.9. The van der Waals surface area contributed by atoms with Crippen molar-refractivity contribution in [1.29, 1.82) is 0 Å². The van der Waals surface area contributed by atoms with Crippen molar-refractivity contribution in [3.05, 3.63) is 35.4 Å². The van der Waals surface area contributed by atoms with E-state index in [-0.39, 0.29) is 0 Å². The number of morpholine rings is 1. The van der Waals surface area contributed by atoms with Crippen LogP contribution in [-0.4, -0.2) is 64.9 Å². The Bertz CT molecular complexity index is 1000. The Morgan fingerprint density at radius 2 is 1.97 bits per heavy atom. The number of hydrogen-bond acceptors (Lipinski definition) is 7. The van der Waals surface area contributed by atoms with Gasteiger partial charge in [0.2, 0.25) is 11.9 Å². The third-order valence-corrected chi connectivity index (χ3v) is 4.95. The Balaban J connectivity index is 1.78. The third-order valence-electron chi connectivity index (χ3n) is 4.95. The summed E-state index contributed by atoms with van der Waals surface area (Å²) in [5.41, 5.74) is 14.0. The van der Waals surface area contributed by atoms with Gasteiger partial charge in [0.15, 0.2) is 0 Å². The van der Waals surface area contributed by atoms with E-state index in [0.29, 0.717) is 49.9 Å². The number of nitrogens with zero attached hydrogens (tertiary/aromatic N) is 3. The summed E-state index contributed by atoms with van der Waals surface area (Å²) in [4.78, 5) is 30.3. The van der Waals surface area contributed by atoms with E-state index >= 15 is 0 Å². The highest BCUT2D eigenvalue weighted by Crippen LogP contribution is 2.25. The lowest BCUT2D eigenvalue weighted by atomic mass is 10.1. The van der Waals surface area contributed by atoms with Gasteiger partial charge in [-0.05, 0) is 38.5 Å². The molecular formula is C22H32N6O4. The van der Waals surface area contributed by atoms with Crippen LogP contribution in [0.3, 0.4) is 0 Å². The molecule has 1 fully saturated rings. The molecule has 10 heteroatoms. The summed E-state index contributed by atoms with van der Waals surface area (Å²) in [6, 6.07) is 3.48. The molecule has 1 aliphatic heterocycles. The number of carbonyl (C=O) groups is 2. The molecule has 1 aromatic heterocycles. The Morgan fingerprint density at radius 1 is 1.25 bits per heavy atom. The average Bonchev–Trinajstić information content (AvgIpc) is 3.02. The van der Waals surface area contributed by atoms with Crippen LogP contribution < -0.4 is 16.8 Å². The van der Waals surface area contributed by atoms with Crippen LogP contribution in [0.15, 0.2) is 24.3 Å². The molecule has 3 rings (SSSR count). The molecule has 2 aromatic rings. The molecule has 2 amide bonds. The molecule has 0 aliphatic carbocycles. The van der Waals surface area contributed by atoms with Crippen molar-refractivity contribution in [2.75, 3.05) is 38.6 Å². The number of aromatic nitrogens is 2. The summed E-state index contributed by atoms with van der Waals surface area (Å²) in [5, 5.41) is 2.68. The Kier molecular flexibility index (Phi) is 7.37. The minimum atomic E-state index is -0.543. The maximum Gasteiger partial charge on any atom is 0.407 e. The molecule has 10 nitrogen and oxygen atoms in total. The van der Waals surface area contributed by atoms with Gasteiger partial charge < -0.3 is 30.8 Å². The number of primary amides is 1. The lowest BCUT2D eigenvalue weighted by Crippen LogP contribution is -2.35. The number of alkyl carbamates (subject to hydrolysis) is 1. The van der Waals surface area contributed by atoms with Gasteiger partial charge in [-0.3, -0.25) is 9.69 Å². The summed E-state index contributed by atoms with van der Waals surface area (Å²) in [5.74, 6) is -0.161. The highest BCUT2D eigenvalue weighted by Gasteiger charge is 2.19. The molecule has 0 saturated carbocycles. The topological polar surface area (TPSA) is 138 Å². The lowest BCUT2D eigenvalue weighted by molar-refractivity contribution is 0.0343. The normalized spacial score (nSPS) is 15.3. The number of nitrogens with two attached hydrogens (primary N) is 2. The number of nitrogen functional groups attached to an aromatic ring is 1. The first-order chi connectivity index (χ1) is 15.1. The van der Waals surface area contributed by atoms with Gasteiger partial charge in [-0.15, -0.1) is 0 Å². The monoisotopic (exact) mass is 444 g/mol. The molecule has 1 aliphatic rings. The summed E-state index contributed by atoms with van der Waals surface area (Å²) < 4.78 is 12.5. The second-order valence-electron chi connectivity index (χ2n) is 8.69. The summed E-state index contributed by atoms with van der Waals surface area (Å²) in [6.45, 7) is 9.83. The number of nitrogens with one attached hydrogen (secondary N) is 1. The minimum Gasteiger partial charge on any atom is -0.444 e. The highest BCUT2D eigenvalue weighted by atomic mass is 16.6. The van der Waals surface area contributed by atoms with Crippen LogP contribution in [0.2, 0.25) is 0 Å². The van der Waals surface area contributed by atoms with E-state index < -0.39 is 17.6 Å². The first kappa shape index (κ1) is 23.6. The number of ether oxygens (including phenoxy) is 2. The van der Waals surface area contributed by atoms with Gasteiger partial charge in [0, 0.05) is 38.3 Å². The third kappa shape index (κ3) is 6.21. The predicted octanol–water partition coefficient (Wildman–Crippen LogP) is 1.63. The standard InChI is InChI=1S/C22H32N6O4/c1-22(2,3)32-21(30)25-6-4-5-7-28-18-16(14-27-8-10-31-11-9-27)12-15(19(23)29)13-17(18)26-20(28)24/h4-5,12-13H,6-11,14H2,1-3H3,(H2,23,29)(H2,24,26)(H,25,30)/b5-4+. The molecule has 32 heavy (non-hydrogen) atoms. The second kappa shape index (κ2) is 10.0. The van der Waals surface area contributed by atoms with Crippen molar-refractivity contribution in [3.8, 4) is 0 Å². The Morgan fingerprint density at radius 3 is 2.62 bits per heavy atom. The molecule has 0 spiro atoms. The van der Waals surface area contributed by atoms with E-state index in [0.717, 1.165) is 24.2 Å². The van der Waals surface area contributed by atoms with Crippen LogP contribution >= 0.6 is 0 Å². The first-order valence-corrected chi connectivity index (χ1v) is 10.6. The lowest BCUT2D eigenvalue weighted by Gasteiger charge is -2.27. The van der Waals surface area contributed by atoms with Crippen LogP contribution in [0, 0.1) is 0 Å². The number of hydrogen-bond donors (Lipinski definition) is 3. The van der Waals surface area contributed by atoms with Gasteiger partial charge in [-0.1, -0.05) is 12.2 Å². The molecule has 174 valence electrons. The number of allylic oxidation sites excluding steroid dienone is 1. The van der Waals surface area contributed by atoms with Crippen molar-refractivity contribution in [3.63, 3.8) is 0 Å². The van der Waals surface area contributed by atoms with Gasteiger partial charge in [0.25, 0.3) is 0 Å². The van der Waals surface area contributed by atoms with Crippen molar-refractivity contribution in [2.45, 2.75) is 39.5 Å². The van der Waals surface area contributed by atoms with E-state index in [2.05, 4.69) is 15.2 Å². The van der Waals surface area contributed by atoms with Crippen molar-refractivity contribution in [1.82, 2.24) is 19.8 Å². The quantitative estimate of drug-likeness (QED) is 0.552. The second-order valence-corrected chi connectivity index (χ2v) is 8.69. The van der Waals surface area contributed by atoms with Crippen LogP contribution in [0.25, 0.3) is 11.0 Å². The van der Waals surface area contributed by atoms with E-state index in [4.69, 9.17) is 20.9 Å². The predicted molar refractivity (Wildman–Crippen MR) is 122 cm³/mol. The zero-order chi connectivity index (χ0) is 23.3. The fourth-order valence-corrected chi connectivity index (χ4v) is 3.54. The molecule has 0 unspecified atom stereocenters. The number of imidazole rings is 1. The van der Waals surface area contributed by atoms with Crippen molar-refractivity contribution >= 4 is 29.0 Å². The van der Waals surface area contributed by atoms with Crippen LogP contribution in [0.1, 0.15) is 36.7 Å². The SMILES string of the molecule is CC(C)(C)OC(=O)NC/C=C/Cn1c(N)nc2cc(C(N)=O)cc(CN3CCOCC3)c21. The largest absolute Gasteiger partial charge is 0.444 e. The minimum absolute atomic E-state index is 0.327. The number of rotatable bonds is 7. The van der Waals surface area contributed by atoms with Gasteiger partial charge >= 0.3 is 6.09 Å². The van der Waals surface area contributed by atoms with E-state index in [1.54, 1.807) is 6.07 Å². The zero-order valence-electron chi connectivity index (χ0n) is 18.9. The summed E-state index contributed by atoms with van der Waals surface area (Å²) in [7, 11) is 0. The molecule has 0 radical (unpaired) electrons. The fraction of sp³-hybridized carbons (Fsp3) is 0.500. The number of fused-ring (bicyclic) bond motifs is 1. The van der Waals surface area contributed by atoms with Crippen molar-refractivity contribution in [2.24, 2.45) is 5.73 Å². The Labute approximate surface area is 187 Å². The summed E-state index contributed by atoms with van der Waals surface area (Å²) >= 11 is 0. The molecule has 2 heterocycles. The maximum absolute atomic E-state index is 11.8. The van der Waals surface area contributed by atoms with Gasteiger partial charge in [-0.2, -0.15) is 0 Å². The van der Waals surface area contributed by atoms with E-state index in [9.17, 15) is 9.59 Å². The highest BCUT2D eigenvalue weighted by molar-refractivity contribution is 5.97.